The number of carbonyl (C=O) groups excluding carboxylic acids is 1. The average molecular weight is 353 g/mol. The van der Waals surface area contributed by atoms with Crippen molar-refractivity contribution in [1.82, 2.24) is 14.9 Å². The van der Waals surface area contributed by atoms with Crippen LogP contribution in [-0.2, 0) is 17.8 Å². The second-order valence-electron chi connectivity index (χ2n) is 5.84. The highest BCUT2D eigenvalue weighted by Gasteiger charge is 2.10. The molecule has 1 heterocycles. The zero-order valence-corrected chi connectivity index (χ0v) is 14.9. The summed E-state index contributed by atoms with van der Waals surface area (Å²) in [6.07, 6.45) is 2.25. The van der Waals surface area contributed by atoms with E-state index in [1.54, 1.807) is 7.11 Å². The Hall–Kier alpha value is -3.02. The summed E-state index contributed by atoms with van der Waals surface area (Å²) in [4.78, 5) is 15.2. The van der Waals surface area contributed by atoms with E-state index in [0.29, 0.717) is 26.0 Å². The van der Waals surface area contributed by atoms with Crippen LogP contribution >= 0.6 is 0 Å². The van der Waals surface area contributed by atoms with Crippen molar-refractivity contribution >= 4 is 17.4 Å². The second kappa shape index (κ2) is 8.89. The molecule has 0 saturated heterocycles. The quantitative estimate of drug-likeness (QED) is 0.450. The van der Waals surface area contributed by atoms with Gasteiger partial charge in [-0.15, -0.1) is 0 Å². The Labute approximate surface area is 152 Å². The topological polar surface area (TPSA) is 65.4 Å². The Balaban J connectivity index is 1.65. The lowest BCUT2D eigenvalue weighted by atomic mass is 10.3. The van der Waals surface area contributed by atoms with Crippen LogP contribution in [0.15, 0.2) is 48.5 Å². The molecule has 0 saturated carbocycles. The number of methoxy groups -OCH3 is 1. The van der Waals surface area contributed by atoms with Crippen LogP contribution in [0.25, 0.3) is 11.0 Å². The number of aryl methyl sites for hydroxylation is 1. The van der Waals surface area contributed by atoms with Crippen LogP contribution in [0.5, 0.6) is 11.5 Å². The molecule has 0 aliphatic rings. The lowest BCUT2D eigenvalue weighted by Gasteiger charge is -2.12. The van der Waals surface area contributed by atoms with E-state index in [2.05, 4.69) is 16.0 Å². The molecule has 2 aromatic carbocycles. The van der Waals surface area contributed by atoms with Crippen molar-refractivity contribution in [2.24, 2.45) is 0 Å². The number of para-hydroxylation sites is 4. The van der Waals surface area contributed by atoms with E-state index in [1.165, 1.54) is 0 Å². The molecule has 1 N–H and O–H groups in total. The standard InChI is InChI=1S/C20H23N3O3/c1-25-18-9-4-5-10-19(18)26-14-6-13-23-17-8-3-2-7-16(17)22-20(23)11-12-21-15-24/h2-5,7-10,15H,6,11-14H2,1H3,(H,21,24). The van der Waals surface area contributed by atoms with Crippen LogP contribution in [0.1, 0.15) is 12.2 Å². The summed E-state index contributed by atoms with van der Waals surface area (Å²) in [5, 5.41) is 2.70. The fourth-order valence-corrected chi connectivity index (χ4v) is 2.95. The zero-order valence-electron chi connectivity index (χ0n) is 14.9. The van der Waals surface area contributed by atoms with Gasteiger partial charge in [0.1, 0.15) is 5.82 Å². The summed E-state index contributed by atoms with van der Waals surface area (Å²) in [5.41, 5.74) is 2.07. The van der Waals surface area contributed by atoms with Gasteiger partial charge in [-0.3, -0.25) is 4.79 Å². The molecule has 0 fully saturated rings. The molecule has 1 amide bonds. The van der Waals surface area contributed by atoms with Crippen LogP contribution in [0.2, 0.25) is 0 Å². The van der Waals surface area contributed by atoms with Gasteiger partial charge in [0.2, 0.25) is 6.41 Å². The monoisotopic (exact) mass is 353 g/mol. The summed E-state index contributed by atoms with van der Waals surface area (Å²) >= 11 is 0. The Kier molecular flexibility index (Phi) is 6.09. The lowest BCUT2D eigenvalue weighted by Crippen LogP contribution is -2.17. The van der Waals surface area contributed by atoms with Gasteiger partial charge in [-0.25, -0.2) is 4.98 Å². The largest absolute Gasteiger partial charge is 0.493 e. The number of amides is 1. The molecule has 0 aliphatic carbocycles. The predicted molar refractivity (Wildman–Crippen MR) is 101 cm³/mol. The van der Waals surface area contributed by atoms with Gasteiger partial charge < -0.3 is 19.4 Å². The van der Waals surface area contributed by atoms with Gasteiger partial charge in [0.15, 0.2) is 11.5 Å². The molecule has 0 radical (unpaired) electrons. The summed E-state index contributed by atoms with van der Waals surface area (Å²) < 4.78 is 13.4. The van der Waals surface area contributed by atoms with Gasteiger partial charge in [-0.1, -0.05) is 24.3 Å². The van der Waals surface area contributed by atoms with E-state index < -0.39 is 0 Å². The third kappa shape index (κ3) is 4.14. The molecule has 3 rings (SSSR count). The van der Waals surface area contributed by atoms with E-state index in [9.17, 15) is 4.79 Å². The Morgan fingerprint density at radius 3 is 2.69 bits per heavy atom. The predicted octanol–water partition coefficient (Wildman–Crippen LogP) is 2.80. The number of ether oxygens (including phenoxy) is 2. The number of fused-ring (bicyclic) bond motifs is 1. The second-order valence-corrected chi connectivity index (χ2v) is 5.84. The van der Waals surface area contributed by atoms with Crippen molar-refractivity contribution in [1.29, 1.82) is 0 Å². The Morgan fingerprint density at radius 2 is 1.88 bits per heavy atom. The van der Waals surface area contributed by atoms with Gasteiger partial charge >= 0.3 is 0 Å². The van der Waals surface area contributed by atoms with Gasteiger partial charge in [0, 0.05) is 19.5 Å². The lowest BCUT2D eigenvalue weighted by molar-refractivity contribution is -0.109. The molecule has 6 nitrogen and oxygen atoms in total. The van der Waals surface area contributed by atoms with Crippen LogP contribution in [0.4, 0.5) is 0 Å². The average Bonchev–Trinajstić information content (AvgIpc) is 3.03. The fraction of sp³-hybridized carbons (Fsp3) is 0.300. The number of aromatic nitrogens is 2. The van der Waals surface area contributed by atoms with E-state index in [4.69, 9.17) is 14.5 Å². The van der Waals surface area contributed by atoms with Crippen LogP contribution in [0, 0.1) is 0 Å². The van der Waals surface area contributed by atoms with Gasteiger partial charge in [-0.05, 0) is 30.7 Å². The third-order valence-electron chi connectivity index (χ3n) is 4.16. The number of carbonyl (C=O) groups is 1. The van der Waals surface area contributed by atoms with Gasteiger partial charge in [0.05, 0.1) is 24.8 Å². The number of nitrogens with zero attached hydrogens (tertiary/aromatic N) is 2. The molecular weight excluding hydrogens is 330 g/mol. The first kappa shape index (κ1) is 17.8. The maximum atomic E-state index is 10.5. The molecule has 0 bridgehead atoms. The molecule has 0 aliphatic heterocycles. The number of hydrogen-bond acceptors (Lipinski definition) is 4. The minimum Gasteiger partial charge on any atom is -0.493 e. The number of hydrogen-bond donors (Lipinski definition) is 1. The molecule has 6 heteroatoms. The van der Waals surface area contributed by atoms with Crippen molar-refractivity contribution in [3.8, 4) is 11.5 Å². The summed E-state index contributed by atoms with van der Waals surface area (Å²) in [6, 6.07) is 15.7. The molecule has 1 aromatic heterocycles. The van der Waals surface area contributed by atoms with Crippen molar-refractivity contribution in [3.63, 3.8) is 0 Å². The van der Waals surface area contributed by atoms with Crippen LogP contribution in [-0.4, -0.2) is 36.2 Å². The minimum atomic E-state index is 0.574. The number of benzene rings is 2. The van der Waals surface area contributed by atoms with Gasteiger partial charge in [-0.2, -0.15) is 0 Å². The Morgan fingerprint density at radius 1 is 1.12 bits per heavy atom. The third-order valence-corrected chi connectivity index (χ3v) is 4.16. The van der Waals surface area contributed by atoms with E-state index in [0.717, 1.165) is 41.3 Å². The first-order valence-electron chi connectivity index (χ1n) is 8.70. The minimum absolute atomic E-state index is 0.574. The highest BCUT2D eigenvalue weighted by molar-refractivity contribution is 5.75. The van der Waals surface area contributed by atoms with E-state index in [1.807, 2.05) is 42.5 Å². The molecule has 26 heavy (non-hydrogen) atoms. The number of imidazole rings is 1. The van der Waals surface area contributed by atoms with Crippen molar-refractivity contribution in [2.75, 3.05) is 20.3 Å². The van der Waals surface area contributed by atoms with Crippen LogP contribution < -0.4 is 14.8 Å². The summed E-state index contributed by atoms with van der Waals surface area (Å²) in [5.74, 6) is 2.46. The van der Waals surface area contributed by atoms with E-state index in [-0.39, 0.29) is 0 Å². The molecule has 136 valence electrons. The summed E-state index contributed by atoms with van der Waals surface area (Å²) in [7, 11) is 1.64. The molecule has 0 spiro atoms. The molecule has 3 aromatic rings. The smallest absolute Gasteiger partial charge is 0.207 e. The zero-order chi connectivity index (χ0) is 18.2. The first-order valence-corrected chi connectivity index (χ1v) is 8.70. The summed E-state index contributed by atoms with van der Waals surface area (Å²) in [6.45, 7) is 1.95. The number of rotatable bonds is 10. The maximum Gasteiger partial charge on any atom is 0.207 e. The molecule has 0 atom stereocenters. The van der Waals surface area contributed by atoms with Crippen molar-refractivity contribution in [2.45, 2.75) is 19.4 Å². The SMILES string of the molecule is COc1ccccc1OCCCn1c(CCNC=O)nc2ccccc21. The normalized spacial score (nSPS) is 10.7. The van der Waals surface area contributed by atoms with Crippen molar-refractivity contribution < 1.29 is 14.3 Å². The first-order chi connectivity index (χ1) is 12.8. The van der Waals surface area contributed by atoms with E-state index >= 15 is 0 Å². The molecular formula is C20H23N3O3. The number of nitrogens with one attached hydrogen (secondary N) is 1. The highest BCUT2D eigenvalue weighted by Crippen LogP contribution is 2.26. The highest BCUT2D eigenvalue weighted by atomic mass is 16.5. The maximum absolute atomic E-state index is 10.5. The van der Waals surface area contributed by atoms with Crippen LogP contribution in [0.3, 0.4) is 0 Å². The van der Waals surface area contributed by atoms with Crippen molar-refractivity contribution in [3.05, 3.63) is 54.4 Å². The molecule has 0 unspecified atom stereocenters. The van der Waals surface area contributed by atoms with Gasteiger partial charge in [0.25, 0.3) is 0 Å². The fourth-order valence-electron chi connectivity index (χ4n) is 2.95. The Bertz CT molecular complexity index is 860.